The number of hydrogen-bond acceptors (Lipinski definition) is 3. The van der Waals surface area contributed by atoms with Gasteiger partial charge in [0.2, 0.25) is 0 Å². The van der Waals surface area contributed by atoms with Gasteiger partial charge in [-0.25, -0.2) is 0 Å². The Hall–Kier alpha value is -1.64. The van der Waals surface area contributed by atoms with Gasteiger partial charge < -0.3 is 14.9 Å². The van der Waals surface area contributed by atoms with E-state index in [-0.39, 0.29) is 28.4 Å². The van der Waals surface area contributed by atoms with Crippen molar-refractivity contribution in [1.82, 2.24) is 0 Å². The molecule has 20 heavy (non-hydrogen) atoms. The van der Waals surface area contributed by atoms with E-state index in [1.54, 1.807) is 6.07 Å². The number of phenols is 2. The molecule has 0 aromatic heterocycles. The first-order valence-corrected chi connectivity index (χ1v) is 7.15. The average molecular weight is 274 g/mol. The van der Waals surface area contributed by atoms with E-state index in [0.717, 1.165) is 18.4 Å². The zero-order chi connectivity index (χ0) is 14.7. The maximum atomic E-state index is 10.3. The van der Waals surface area contributed by atoms with Crippen molar-refractivity contribution in [2.24, 2.45) is 5.41 Å². The molecule has 108 valence electrons. The van der Waals surface area contributed by atoms with Crippen LogP contribution in [-0.4, -0.2) is 15.8 Å². The van der Waals surface area contributed by atoms with Gasteiger partial charge in [-0.1, -0.05) is 18.6 Å². The number of allylic oxidation sites excluding steroid dienone is 2. The summed E-state index contributed by atoms with van der Waals surface area (Å²) in [6, 6.07) is 3.03. The van der Waals surface area contributed by atoms with E-state index < -0.39 is 0 Å². The Morgan fingerprint density at radius 2 is 1.90 bits per heavy atom. The summed E-state index contributed by atoms with van der Waals surface area (Å²) in [6.07, 6.45) is 4.15. The van der Waals surface area contributed by atoms with E-state index in [1.807, 2.05) is 0 Å². The van der Waals surface area contributed by atoms with E-state index >= 15 is 0 Å². The first-order valence-electron chi connectivity index (χ1n) is 7.15. The number of ether oxygens (including phenoxy) is 1. The van der Waals surface area contributed by atoms with Crippen LogP contribution in [0.15, 0.2) is 23.8 Å². The second-order valence-corrected chi connectivity index (χ2v) is 6.92. The van der Waals surface area contributed by atoms with Crippen molar-refractivity contribution in [2.45, 2.75) is 52.1 Å². The van der Waals surface area contributed by atoms with Crippen LogP contribution < -0.4 is 4.74 Å². The van der Waals surface area contributed by atoms with Crippen molar-refractivity contribution in [3.05, 3.63) is 29.3 Å². The van der Waals surface area contributed by atoms with E-state index in [2.05, 4.69) is 33.8 Å². The molecule has 2 atom stereocenters. The minimum absolute atomic E-state index is 0.0451. The number of phenolic OH excluding ortho intramolecular Hbond substituents is 2. The van der Waals surface area contributed by atoms with E-state index in [0.29, 0.717) is 5.75 Å². The second-order valence-electron chi connectivity index (χ2n) is 6.92. The topological polar surface area (TPSA) is 49.7 Å². The third-order valence-corrected chi connectivity index (χ3v) is 5.36. The van der Waals surface area contributed by atoms with Gasteiger partial charge in [0, 0.05) is 29.0 Å². The lowest BCUT2D eigenvalue weighted by Gasteiger charge is -2.54. The molecule has 0 radical (unpaired) electrons. The van der Waals surface area contributed by atoms with Gasteiger partial charge in [0.1, 0.15) is 22.8 Å². The molecule has 3 nitrogen and oxygen atoms in total. The molecule has 0 saturated carbocycles. The Morgan fingerprint density at radius 1 is 1.20 bits per heavy atom. The first-order chi connectivity index (χ1) is 9.24. The fourth-order valence-corrected chi connectivity index (χ4v) is 3.67. The summed E-state index contributed by atoms with van der Waals surface area (Å²) in [5.41, 5.74) is 1.79. The summed E-state index contributed by atoms with van der Waals surface area (Å²) < 4.78 is 6.14. The van der Waals surface area contributed by atoms with Crippen LogP contribution in [0.3, 0.4) is 0 Å². The first kappa shape index (κ1) is 13.3. The van der Waals surface area contributed by atoms with E-state index in [9.17, 15) is 10.2 Å². The van der Waals surface area contributed by atoms with E-state index in [4.69, 9.17) is 4.74 Å². The Morgan fingerprint density at radius 3 is 2.60 bits per heavy atom. The molecule has 3 heteroatoms. The van der Waals surface area contributed by atoms with Crippen molar-refractivity contribution in [1.29, 1.82) is 0 Å². The molecule has 1 aromatic carbocycles. The molecule has 1 unspecified atom stereocenters. The Labute approximate surface area is 119 Å². The van der Waals surface area contributed by atoms with Gasteiger partial charge in [-0.15, -0.1) is 0 Å². The zero-order valence-electron chi connectivity index (χ0n) is 12.5. The van der Waals surface area contributed by atoms with Crippen LogP contribution in [0.25, 0.3) is 0 Å². The average Bonchev–Trinajstić information content (AvgIpc) is 2.30. The summed E-state index contributed by atoms with van der Waals surface area (Å²) in [6.45, 7) is 8.56. The van der Waals surface area contributed by atoms with Gasteiger partial charge in [0.15, 0.2) is 0 Å². The number of hydrogen-bond donors (Lipinski definition) is 2. The van der Waals surface area contributed by atoms with Crippen LogP contribution in [-0.2, 0) is 0 Å². The Balaban J connectivity index is 2.24. The van der Waals surface area contributed by atoms with Gasteiger partial charge >= 0.3 is 0 Å². The number of fused-ring (bicyclic) bond motifs is 3. The van der Waals surface area contributed by atoms with Crippen molar-refractivity contribution in [3.63, 3.8) is 0 Å². The maximum Gasteiger partial charge on any atom is 0.131 e. The van der Waals surface area contributed by atoms with Gasteiger partial charge in [-0.05, 0) is 33.6 Å². The quantitative estimate of drug-likeness (QED) is 0.700. The minimum Gasteiger partial charge on any atom is -0.508 e. The highest BCUT2D eigenvalue weighted by Crippen LogP contribution is 2.61. The largest absolute Gasteiger partial charge is 0.508 e. The third-order valence-electron chi connectivity index (χ3n) is 5.36. The van der Waals surface area contributed by atoms with Crippen molar-refractivity contribution < 1.29 is 14.9 Å². The van der Waals surface area contributed by atoms with Gasteiger partial charge in [-0.2, -0.15) is 0 Å². The Kier molecular flexibility index (Phi) is 2.63. The highest BCUT2D eigenvalue weighted by Gasteiger charge is 2.54. The fourth-order valence-electron chi connectivity index (χ4n) is 3.67. The molecule has 2 N–H and O–H groups in total. The van der Waals surface area contributed by atoms with Crippen LogP contribution in [0.5, 0.6) is 17.2 Å². The second kappa shape index (κ2) is 3.94. The van der Waals surface area contributed by atoms with Crippen molar-refractivity contribution >= 4 is 0 Å². The monoisotopic (exact) mass is 274 g/mol. The molecule has 3 rings (SSSR count). The molecule has 0 spiro atoms. The lowest BCUT2D eigenvalue weighted by molar-refractivity contribution is -0.0609. The highest BCUT2D eigenvalue weighted by atomic mass is 16.5. The van der Waals surface area contributed by atoms with Gasteiger partial charge in [0.25, 0.3) is 0 Å². The molecule has 0 bridgehead atoms. The molecule has 0 amide bonds. The molecule has 2 aliphatic rings. The van der Waals surface area contributed by atoms with Gasteiger partial charge in [0.05, 0.1) is 0 Å². The molecule has 0 saturated heterocycles. The van der Waals surface area contributed by atoms with Crippen LogP contribution >= 0.6 is 0 Å². The predicted octanol–water partition coefficient (Wildman–Crippen LogP) is 4.10. The maximum absolute atomic E-state index is 10.3. The van der Waals surface area contributed by atoms with Crippen LogP contribution in [0.2, 0.25) is 0 Å². The summed E-state index contributed by atoms with van der Waals surface area (Å²) in [7, 11) is 0. The zero-order valence-corrected chi connectivity index (χ0v) is 12.5. The normalized spacial score (nSPS) is 30.8. The lowest BCUT2D eigenvalue weighted by atomic mass is 9.57. The molecular weight excluding hydrogens is 252 g/mol. The summed E-state index contributed by atoms with van der Waals surface area (Å²) in [5, 5.41) is 20.0. The standard InChI is InChI=1S/C17H22O3/c1-10-5-6-17(4)12(7-10)15-13(19)8-11(18)9-14(15)20-16(17,2)3/h5,8-9,12,18-19H,6-7H2,1-4H3/t12?,17-/m1/s1. The molecule has 1 aliphatic carbocycles. The molecule has 1 aliphatic heterocycles. The van der Waals surface area contributed by atoms with Crippen LogP contribution in [0.4, 0.5) is 0 Å². The number of benzene rings is 1. The molecule has 1 aromatic rings. The van der Waals surface area contributed by atoms with Crippen molar-refractivity contribution in [3.8, 4) is 17.2 Å². The Bertz CT molecular complexity index is 600. The fraction of sp³-hybridized carbons (Fsp3) is 0.529. The molecular formula is C17H22O3. The molecule has 1 heterocycles. The summed E-state index contributed by atoms with van der Waals surface area (Å²) in [5.74, 6) is 1.02. The number of aromatic hydroxyl groups is 2. The smallest absolute Gasteiger partial charge is 0.131 e. The lowest BCUT2D eigenvalue weighted by Crippen LogP contribution is -2.53. The summed E-state index contributed by atoms with van der Waals surface area (Å²) in [4.78, 5) is 0. The number of rotatable bonds is 0. The highest BCUT2D eigenvalue weighted by molar-refractivity contribution is 5.55. The minimum atomic E-state index is -0.345. The predicted molar refractivity (Wildman–Crippen MR) is 78.3 cm³/mol. The van der Waals surface area contributed by atoms with Crippen LogP contribution in [0, 0.1) is 5.41 Å². The van der Waals surface area contributed by atoms with Crippen molar-refractivity contribution in [2.75, 3.05) is 0 Å². The third kappa shape index (κ3) is 1.65. The SMILES string of the molecule is CC1=CC[C@]2(C)C(C1)c1c(O)cc(O)cc1OC2(C)C. The molecule has 0 fully saturated rings. The van der Waals surface area contributed by atoms with E-state index in [1.165, 1.54) is 11.6 Å². The van der Waals surface area contributed by atoms with Gasteiger partial charge in [-0.3, -0.25) is 0 Å². The van der Waals surface area contributed by atoms with Crippen LogP contribution in [0.1, 0.15) is 52.0 Å². The summed E-state index contributed by atoms with van der Waals surface area (Å²) >= 11 is 0.